The van der Waals surface area contributed by atoms with E-state index in [1.54, 1.807) is 11.1 Å². The molecule has 0 atom stereocenters. The molecule has 0 saturated heterocycles. The van der Waals surface area contributed by atoms with Gasteiger partial charge in [-0.2, -0.15) is 0 Å². The Morgan fingerprint density at radius 1 is 0.588 bits per heavy atom. The van der Waals surface area contributed by atoms with Gasteiger partial charge in [-0.1, -0.05) is 73.2 Å². The standard InChI is InChI=1S/C31H40N2.CH4/c1-23-9-12-25(13-10-23)26-14-16-28-27-15-11-24(2)21-29(27)31(30(28)22-26,17-7-19-32(3)4)18-8-20-33(5)6;/h9-16,21-22H,7-8,17-20H2,1-6H3;1H4. The molecule has 0 unspecified atom stereocenters. The third-order valence-corrected chi connectivity index (χ3v) is 7.32. The van der Waals surface area contributed by atoms with E-state index in [0.717, 1.165) is 13.1 Å². The van der Waals surface area contributed by atoms with E-state index < -0.39 is 0 Å². The lowest BCUT2D eigenvalue weighted by Gasteiger charge is -2.34. The Kier molecular flexibility index (Phi) is 8.38. The average Bonchev–Trinajstić information content (AvgIpc) is 3.03. The average molecular weight is 457 g/mol. The highest BCUT2D eigenvalue weighted by atomic mass is 15.1. The van der Waals surface area contributed by atoms with Crippen molar-refractivity contribution in [2.75, 3.05) is 41.3 Å². The third-order valence-electron chi connectivity index (χ3n) is 7.32. The summed E-state index contributed by atoms with van der Waals surface area (Å²) in [4.78, 5) is 4.65. The van der Waals surface area contributed by atoms with Gasteiger partial charge < -0.3 is 9.80 Å². The van der Waals surface area contributed by atoms with Crippen LogP contribution in [0.4, 0.5) is 0 Å². The molecule has 182 valence electrons. The summed E-state index contributed by atoms with van der Waals surface area (Å²) in [5, 5.41) is 0. The van der Waals surface area contributed by atoms with Gasteiger partial charge in [0, 0.05) is 5.41 Å². The number of rotatable bonds is 9. The molecule has 0 bridgehead atoms. The Labute approximate surface area is 208 Å². The van der Waals surface area contributed by atoms with Crippen LogP contribution in [0, 0.1) is 13.8 Å². The first-order valence-electron chi connectivity index (χ1n) is 12.4. The molecule has 0 aromatic heterocycles. The maximum Gasteiger partial charge on any atom is 0.0216 e. The largest absolute Gasteiger partial charge is 0.309 e. The van der Waals surface area contributed by atoms with Gasteiger partial charge in [0.25, 0.3) is 0 Å². The van der Waals surface area contributed by atoms with Gasteiger partial charge >= 0.3 is 0 Å². The number of hydrogen-bond acceptors (Lipinski definition) is 2. The van der Waals surface area contributed by atoms with Crippen molar-refractivity contribution in [3.8, 4) is 22.3 Å². The lowest BCUT2D eigenvalue weighted by Crippen LogP contribution is -2.29. The molecule has 0 aliphatic heterocycles. The fraction of sp³-hybridized carbons (Fsp3) is 0.438. The van der Waals surface area contributed by atoms with E-state index in [1.807, 2.05) is 0 Å². The van der Waals surface area contributed by atoms with Crippen molar-refractivity contribution in [3.05, 3.63) is 82.9 Å². The van der Waals surface area contributed by atoms with Gasteiger partial charge in [0.05, 0.1) is 0 Å². The third kappa shape index (κ3) is 5.29. The lowest BCUT2D eigenvalue weighted by atomic mass is 9.70. The van der Waals surface area contributed by atoms with Crippen LogP contribution in [0.2, 0.25) is 0 Å². The van der Waals surface area contributed by atoms with Gasteiger partial charge in [0.2, 0.25) is 0 Å². The fourth-order valence-electron chi connectivity index (χ4n) is 5.59. The summed E-state index contributed by atoms with van der Waals surface area (Å²) in [5.74, 6) is 0. The summed E-state index contributed by atoms with van der Waals surface area (Å²) in [7, 11) is 8.76. The maximum absolute atomic E-state index is 2.51. The van der Waals surface area contributed by atoms with Crippen LogP contribution in [0.15, 0.2) is 60.7 Å². The molecule has 0 fully saturated rings. The summed E-state index contributed by atoms with van der Waals surface area (Å²) in [5.41, 5.74) is 11.4. The summed E-state index contributed by atoms with van der Waals surface area (Å²) in [6, 6.07) is 23.3. The number of benzene rings is 3. The molecular formula is C32H44N2. The molecule has 0 heterocycles. The highest BCUT2D eigenvalue weighted by Crippen LogP contribution is 2.54. The van der Waals surface area contributed by atoms with Gasteiger partial charge in [-0.3, -0.25) is 0 Å². The van der Waals surface area contributed by atoms with Gasteiger partial charge in [-0.05, 0) is 120 Å². The molecule has 0 N–H and O–H groups in total. The number of nitrogens with zero attached hydrogens (tertiary/aromatic N) is 2. The minimum absolute atomic E-state index is 0. The predicted molar refractivity (Wildman–Crippen MR) is 150 cm³/mol. The monoisotopic (exact) mass is 456 g/mol. The fourth-order valence-corrected chi connectivity index (χ4v) is 5.59. The van der Waals surface area contributed by atoms with Crippen molar-refractivity contribution in [1.29, 1.82) is 0 Å². The van der Waals surface area contributed by atoms with E-state index in [4.69, 9.17) is 0 Å². The quantitative estimate of drug-likeness (QED) is 0.328. The van der Waals surface area contributed by atoms with E-state index in [1.165, 1.54) is 59.1 Å². The second-order valence-electron chi connectivity index (χ2n) is 10.6. The van der Waals surface area contributed by atoms with Crippen LogP contribution in [0.3, 0.4) is 0 Å². The highest BCUT2D eigenvalue weighted by molar-refractivity contribution is 5.84. The molecule has 0 radical (unpaired) electrons. The highest BCUT2D eigenvalue weighted by Gasteiger charge is 2.42. The molecule has 1 aliphatic carbocycles. The summed E-state index contributed by atoms with van der Waals surface area (Å²) < 4.78 is 0. The first-order chi connectivity index (χ1) is 15.8. The first kappa shape index (κ1) is 26.2. The van der Waals surface area contributed by atoms with E-state index in [9.17, 15) is 0 Å². The van der Waals surface area contributed by atoms with Crippen LogP contribution >= 0.6 is 0 Å². The molecule has 4 rings (SSSR count). The Bertz CT molecular complexity index is 1080. The van der Waals surface area contributed by atoms with Crippen LogP contribution in [0.5, 0.6) is 0 Å². The second-order valence-corrected chi connectivity index (χ2v) is 10.6. The van der Waals surface area contributed by atoms with Crippen molar-refractivity contribution in [2.24, 2.45) is 0 Å². The van der Waals surface area contributed by atoms with Crippen molar-refractivity contribution < 1.29 is 0 Å². The molecular weight excluding hydrogens is 412 g/mol. The van der Waals surface area contributed by atoms with Crippen LogP contribution in [-0.2, 0) is 5.41 Å². The topological polar surface area (TPSA) is 6.48 Å². The maximum atomic E-state index is 2.51. The molecule has 2 heteroatoms. The minimum Gasteiger partial charge on any atom is -0.309 e. The normalized spacial score (nSPS) is 13.6. The van der Waals surface area contributed by atoms with Crippen molar-refractivity contribution in [2.45, 2.75) is 52.4 Å². The van der Waals surface area contributed by atoms with Crippen LogP contribution in [-0.4, -0.2) is 51.1 Å². The Balaban J connectivity index is 0.00000324. The van der Waals surface area contributed by atoms with E-state index >= 15 is 0 Å². The second kappa shape index (κ2) is 10.9. The van der Waals surface area contributed by atoms with Crippen molar-refractivity contribution in [3.63, 3.8) is 0 Å². The Morgan fingerprint density at radius 2 is 1.06 bits per heavy atom. The Hall–Kier alpha value is -2.42. The van der Waals surface area contributed by atoms with E-state index in [2.05, 4.69) is 113 Å². The molecule has 0 spiro atoms. The molecule has 2 nitrogen and oxygen atoms in total. The predicted octanol–water partition coefficient (Wildman–Crippen LogP) is 7.56. The zero-order valence-corrected chi connectivity index (χ0v) is 21.4. The first-order valence-corrected chi connectivity index (χ1v) is 12.4. The van der Waals surface area contributed by atoms with Crippen molar-refractivity contribution in [1.82, 2.24) is 9.80 Å². The number of fused-ring (bicyclic) bond motifs is 3. The molecule has 0 saturated carbocycles. The molecule has 3 aromatic carbocycles. The van der Waals surface area contributed by atoms with Gasteiger partial charge in [-0.25, -0.2) is 0 Å². The minimum atomic E-state index is 0. The zero-order valence-electron chi connectivity index (χ0n) is 21.4. The van der Waals surface area contributed by atoms with Crippen LogP contribution in [0.25, 0.3) is 22.3 Å². The van der Waals surface area contributed by atoms with Crippen LogP contribution < -0.4 is 0 Å². The number of aryl methyl sites for hydroxylation is 2. The molecule has 3 aromatic rings. The summed E-state index contributed by atoms with van der Waals surface area (Å²) in [6.07, 6.45) is 4.80. The summed E-state index contributed by atoms with van der Waals surface area (Å²) >= 11 is 0. The summed E-state index contributed by atoms with van der Waals surface area (Å²) in [6.45, 7) is 6.66. The lowest BCUT2D eigenvalue weighted by molar-refractivity contribution is 0.328. The van der Waals surface area contributed by atoms with E-state index in [0.29, 0.717) is 0 Å². The smallest absolute Gasteiger partial charge is 0.0216 e. The number of hydrogen-bond donors (Lipinski definition) is 0. The van der Waals surface area contributed by atoms with Crippen LogP contribution in [0.1, 0.15) is 55.4 Å². The Morgan fingerprint density at radius 3 is 1.62 bits per heavy atom. The molecule has 34 heavy (non-hydrogen) atoms. The van der Waals surface area contributed by atoms with Crippen molar-refractivity contribution >= 4 is 0 Å². The van der Waals surface area contributed by atoms with E-state index in [-0.39, 0.29) is 12.8 Å². The van der Waals surface area contributed by atoms with Gasteiger partial charge in [-0.15, -0.1) is 0 Å². The molecule has 1 aliphatic rings. The molecule has 0 amide bonds. The SMILES string of the molecule is C.Cc1ccc(-c2ccc3c(c2)C(CCCN(C)C)(CCCN(C)C)c2cc(C)ccc2-3)cc1. The van der Waals surface area contributed by atoms with Gasteiger partial charge in [0.1, 0.15) is 0 Å². The van der Waals surface area contributed by atoms with Gasteiger partial charge in [0.15, 0.2) is 0 Å². The zero-order chi connectivity index (χ0) is 23.6.